The van der Waals surface area contributed by atoms with Crippen LogP contribution in [-0.2, 0) is 6.54 Å². The first-order chi connectivity index (χ1) is 6.94. The fraction of sp³-hybridized carbons (Fsp3) is 0.545. The maximum absolute atomic E-state index is 8.84. The highest BCUT2D eigenvalue weighted by Crippen LogP contribution is 2.27. The van der Waals surface area contributed by atoms with Gasteiger partial charge in [0.25, 0.3) is 0 Å². The Morgan fingerprint density at radius 2 is 2.27 bits per heavy atom. The normalized spacial score (nSPS) is 11.4. The molecular weight excluding hydrogens is 272 g/mol. The molecule has 0 saturated carbocycles. The number of hydrogen-bond donors (Lipinski definition) is 1. The summed E-state index contributed by atoms with van der Waals surface area (Å²) in [6.07, 6.45) is 0. The zero-order valence-corrected chi connectivity index (χ0v) is 11.6. The topological polar surface area (TPSA) is 35.8 Å². The molecule has 0 amide bonds. The Morgan fingerprint density at radius 1 is 1.60 bits per heavy atom. The van der Waals surface area contributed by atoms with Crippen molar-refractivity contribution in [1.29, 1.82) is 5.26 Å². The Balaban J connectivity index is 2.42. The van der Waals surface area contributed by atoms with Gasteiger partial charge in [-0.1, -0.05) is 0 Å². The second kappa shape index (κ2) is 5.11. The van der Waals surface area contributed by atoms with Crippen LogP contribution < -0.4 is 5.32 Å². The van der Waals surface area contributed by atoms with Crippen molar-refractivity contribution in [3.63, 3.8) is 0 Å². The molecule has 0 spiro atoms. The van der Waals surface area contributed by atoms with Gasteiger partial charge < -0.3 is 5.32 Å². The third kappa shape index (κ3) is 3.94. The van der Waals surface area contributed by atoms with Crippen molar-refractivity contribution in [2.75, 3.05) is 6.54 Å². The first-order valence-corrected chi connectivity index (χ1v) is 6.42. The first-order valence-electron chi connectivity index (χ1n) is 4.81. The van der Waals surface area contributed by atoms with E-state index in [2.05, 4.69) is 40.3 Å². The number of hydrogen-bond acceptors (Lipinski definition) is 3. The molecule has 1 heterocycles. The summed E-state index contributed by atoms with van der Waals surface area (Å²) in [6.45, 7) is 7.52. The van der Waals surface area contributed by atoms with Gasteiger partial charge in [0.1, 0.15) is 0 Å². The van der Waals surface area contributed by atoms with Crippen molar-refractivity contribution in [1.82, 2.24) is 5.32 Å². The van der Waals surface area contributed by atoms with Crippen molar-refractivity contribution < 1.29 is 0 Å². The van der Waals surface area contributed by atoms with E-state index in [4.69, 9.17) is 5.26 Å². The maximum Gasteiger partial charge on any atom is 0.0730 e. The SMILES string of the molecule is Cc1cc(CNCC(C)(C)C#N)sc1Br. The molecule has 0 aromatic carbocycles. The van der Waals surface area contributed by atoms with Gasteiger partial charge >= 0.3 is 0 Å². The average Bonchev–Trinajstić information content (AvgIpc) is 2.46. The van der Waals surface area contributed by atoms with Crippen molar-refractivity contribution in [3.8, 4) is 6.07 Å². The third-order valence-corrected chi connectivity index (χ3v) is 4.21. The van der Waals surface area contributed by atoms with Gasteiger partial charge in [-0.2, -0.15) is 5.26 Å². The highest BCUT2D eigenvalue weighted by Gasteiger charge is 2.15. The van der Waals surface area contributed by atoms with Gasteiger partial charge in [-0.05, 0) is 48.3 Å². The Kier molecular flexibility index (Phi) is 4.32. The van der Waals surface area contributed by atoms with E-state index in [-0.39, 0.29) is 5.41 Å². The van der Waals surface area contributed by atoms with Crippen LogP contribution in [-0.4, -0.2) is 6.54 Å². The van der Waals surface area contributed by atoms with Gasteiger partial charge in [-0.25, -0.2) is 0 Å². The predicted molar refractivity (Wildman–Crippen MR) is 67.9 cm³/mol. The summed E-state index contributed by atoms with van der Waals surface area (Å²) in [5, 5.41) is 12.1. The predicted octanol–water partition coefficient (Wildman–Crippen LogP) is 3.46. The molecule has 0 aliphatic heterocycles. The van der Waals surface area contributed by atoms with Gasteiger partial charge in [-0.15, -0.1) is 11.3 Å². The van der Waals surface area contributed by atoms with E-state index in [1.807, 2.05) is 13.8 Å². The Labute approximate surface area is 103 Å². The lowest BCUT2D eigenvalue weighted by atomic mass is 9.96. The molecule has 0 bridgehead atoms. The van der Waals surface area contributed by atoms with Crippen LogP contribution >= 0.6 is 27.3 Å². The van der Waals surface area contributed by atoms with Gasteiger partial charge in [-0.3, -0.25) is 0 Å². The summed E-state index contributed by atoms with van der Waals surface area (Å²) in [6, 6.07) is 4.44. The van der Waals surface area contributed by atoms with Crippen molar-refractivity contribution in [3.05, 3.63) is 20.3 Å². The van der Waals surface area contributed by atoms with Crippen molar-refractivity contribution in [2.24, 2.45) is 5.41 Å². The van der Waals surface area contributed by atoms with Crippen molar-refractivity contribution >= 4 is 27.3 Å². The minimum atomic E-state index is -0.288. The quantitative estimate of drug-likeness (QED) is 0.920. The minimum absolute atomic E-state index is 0.288. The number of aryl methyl sites for hydroxylation is 1. The van der Waals surface area contributed by atoms with Crippen molar-refractivity contribution in [2.45, 2.75) is 27.3 Å². The summed E-state index contributed by atoms with van der Waals surface area (Å²) in [4.78, 5) is 1.30. The molecule has 1 rings (SSSR count). The molecule has 1 aromatic heterocycles. The van der Waals surface area contributed by atoms with E-state index in [9.17, 15) is 0 Å². The molecule has 0 saturated heterocycles. The van der Waals surface area contributed by atoms with E-state index in [1.54, 1.807) is 11.3 Å². The number of nitrogens with zero attached hydrogens (tertiary/aromatic N) is 1. The first kappa shape index (κ1) is 12.7. The molecule has 0 unspecified atom stereocenters. The van der Waals surface area contributed by atoms with Crippen LogP contribution in [0.2, 0.25) is 0 Å². The van der Waals surface area contributed by atoms with Gasteiger partial charge in [0, 0.05) is 18.0 Å². The Bertz CT molecular complexity index is 357. The average molecular weight is 287 g/mol. The molecule has 2 nitrogen and oxygen atoms in total. The van der Waals surface area contributed by atoms with Crippen LogP contribution in [0.1, 0.15) is 24.3 Å². The Morgan fingerprint density at radius 3 is 2.73 bits per heavy atom. The number of nitrogens with one attached hydrogen (secondary N) is 1. The molecule has 1 aromatic rings. The van der Waals surface area contributed by atoms with E-state index < -0.39 is 0 Å². The van der Waals surface area contributed by atoms with E-state index in [0.29, 0.717) is 0 Å². The summed E-state index contributed by atoms with van der Waals surface area (Å²) in [5.41, 5.74) is 0.986. The lowest BCUT2D eigenvalue weighted by molar-refractivity contribution is 0.446. The molecule has 0 fully saturated rings. The molecule has 0 aliphatic rings. The van der Waals surface area contributed by atoms with Crippen LogP contribution in [0, 0.1) is 23.7 Å². The lowest BCUT2D eigenvalue weighted by Gasteiger charge is -2.15. The van der Waals surface area contributed by atoms with Gasteiger partial charge in [0.2, 0.25) is 0 Å². The standard InChI is InChI=1S/C11H15BrN2S/c1-8-4-9(15-10(8)12)5-14-7-11(2,3)6-13/h4,14H,5,7H2,1-3H3. The molecule has 0 aliphatic carbocycles. The third-order valence-electron chi connectivity index (χ3n) is 2.08. The number of nitriles is 1. The Hall–Kier alpha value is -0.370. The monoisotopic (exact) mass is 286 g/mol. The summed E-state index contributed by atoms with van der Waals surface area (Å²) in [5.74, 6) is 0. The summed E-state index contributed by atoms with van der Waals surface area (Å²) < 4.78 is 1.19. The highest BCUT2D eigenvalue weighted by atomic mass is 79.9. The molecule has 4 heteroatoms. The van der Waals surface area contributed by atoms with E-state index in [0.717, 1.165) is 13.1 Å². The second-order valence-electron chi connectivity index (χ2n) is 4.27. The zero-order valence-electron chi connectivity index (χ0n) is 9.22. The van der Waals surface area contributed by atoms with Crippen LogP contribution in [0.5, 0.6) is 0 Å². The van der Waals surface area contributed by atoms with Crippen LogP contribution in [0.15, 0.2) is 9.85 Å². The van der Waals surface area contributed by atoms with Gasteiger partial charge in [0.15, 0.2) is 0 Å². The molecule has 0 radical (unpaired) electrons. The highest BCUT2D eigenvalue weighted by molar-refractivity contribution is 9.11. The maximum atomic E-state index is 8.84. The smallest absolute Gasteiger partial charge is 0.0730 e. The fourth-order valence-corrected chi connectivity index (χ4v) is 2.75. The van der Waals surface area contributed by atoms with Gasteiger partial charge in [0.05, 0.1) is 15.3 Å². The lowest BCUT2D eigenvalue weighted by Crippen LogP contribution is -2.27. The van der Waals surface area contributed by atoms with Crippen LogP contribution in [0.4, 0.5) is 0 Å². The number of thiophene rings is 1. The molecule has 0 atom stereocenters. The van der Waals surface area contributed by atoms with E-state index in [1.165, 1.54) is 14.2 Å². The second-order valence-corrected chi connectivity index (χ2v) is 6.72. The summed E-state index contributed by atoms with van der Waals surface area (Å²) >= 11 is 5.24. The minimum Gasteiger partial charge on any atom is -0.310 e. The number of halogens is 1. The van der Waals surface area contributed by atoms with Crippen LogP contribution in [0.3, 0.4) is 0 Å². The zero-order chi connectivity index (χ0) is 11.5. The summed E-state index contributed by atoms with van der Waals surface area (Å²) in [7, 11) is 0. The number of rotatable bonds is 4. The van der Waals surface area contributed by atoms with E-state index >= 15 is 0 Å². The molecule has 15 heavy (non-hydrogen) atoms. The fourth-order valence-electron chi connectivity index (χ4n) is 1.15. The van der Waals surface area contributed by atoms with Crippen LogP contribution in [0.25, 0.3) is 0 Å². The molecular formula is C11H15BrN2S. The largest absolute Gasteiger partial charge is 0.310 e. The molecule has 82 valence electrons. The molecule has 1 N–H and O–H groups in total.